The monoisotopic (exact) mass is 575 g/mol. The van der Waals surface area contributed by atoms with Crippen molar-refractivity contribution in [3.63, 3.8) is 0 Å². The maximum absolute atomic E-state index is 12.1. The fraction of sp³-hybridized carbons (Fsp3) is 0.179. The molecule has 1 saturated heterocycles. The van der Waals surface area contributed by atoms with Crippen molar-refractivity contribution in [1.29, 1.82) is 0 Å². The number of anilines is 2. The summed E-state index contributed by atoms with van der Waals surface area (Å²) in [5.41, 5.74) is 5.61. The van der Waals surface area contributed by atoms with E-state index in [0.717, 1.165) is 38.5 Å². The van der Waals surface area contributed by atoms with Crippen LogP contribution in [0.3, 0.4) is 0 Å². The van der Waals surface area contributed by atoms with Crippen molar-refractivity contribution in [2.45, 2.75) is 19.0 Å². The number of halogens is 1. The molecule has 4 aromatic rings. The second-order valence-electron chi connectivity index (χ2n) is 8.76. The summed E-state index contributed by atoms with van der Waals surface area (Å²) >= 11 is 9.43. The van der Waals surface area contributed by atoms with Crippen LogP contribution in [0.4, 0.5) is 11.4 Å². The number of benzene rings is 2. The minimum Gasteiger partial charge on any atom is -0.375 e. The average Bonchev–Trinajstić information content (AvgIpc) is 3.51. The minimum atomic E-state index is -0.197. The van der Waals surface area contributed by atoms with Gasteiger partial charge in [0.25, 0.3) is 0 Å². The normalized spacial score (nSPS) is 17.1. The lowest BCUT2D eigenvalue weighted by Gasteiger charge is -2.29. The summed E-state index contributed by atoms with van der Waals surface area (Å²) in [5, 5.41) is 7.03. The number of hydrogen-bond acceptors (Lipinski definition) is 4. The van der Waals surface area contributed by atoms with Gasteiger partial charge in [0.05, 0.1) is 11.7 Å². The Morgan fingerprint density at radius 2 is 1.89 bits per heavy atom. The van der Waals surface area contributed by atoms with Gasteiger partial charge >= 0.3 is 0 Å². The van der Waals surface area contributed by atoms with Gasteiger partial charge in [0, 0.05) is 46.7 Å². The number of carbonyl (C=O) groups is 1. The molecule has 0 aliphatic carbocycles. The molecule has 0 unspecified atom stereocenters. The number of thiocarbonyl (C=S) groups is 1. The maximum atomic E-state index is 12.1. The van der Waals surface area contributed by atoms with E-state index in [9.17, 15) is 4.79 Å². The van der Waals surface area contributed by atoms with Gasteiger partial charge in [0.15, 0.2) is 5.11 Å². The van der Waals surface area contributed by atoms with Crippen molar-refractivity contribution in [3.8, 4) is 5.69 Å². The number of amides is 1. The van der Waals surface area contributed by atoms with E-state index in [1.54, 1.807) is 6.20 Å². The molecule has 2 aromatic heterocycles. The molecular formula is C28H26BrN5O2S. The predicted molar refractivity (Wildman–Crippen MR) is 153 cm³/mol. The van der Waals surface area contributed by atoms with Crippen LogP contribution in [0.15, 0.2) is 89.7 Å². The van der Waals surface area contributed by atoms with Gasteiger partial charge in [-0.05, 0) is 91.4 Å². The van der Waals surface area contributed by atoms with Crippen LogP contribution in [0.1, 0.15) is 29.0 Å². The van der Waals surface area contributed by atoms with Crippen LogP contribution in [-0.4, -0.2) is 34.3 Å². The van der Waals surface area contributed by atoms with Crippen LogP contribution in [0, 0.1) is 6.92 Å². The lowest BCUT2D eigenvalue weighted by atomic mass is 10.00. The van der Waals surface area contributed by atoms with Crippen LogP contribution in [0.25, 0.3) is 5.69 Å². The van der Waals surface area contributed by atoms with E-state index < -0.39 is 0 Å². The third kappa shape index (κ3) is 5.16. The van der Waals surface area contributed by atoms with E-state index in [1.807, 2.05) is 61.5 Å². The Hall–Kier alpha value is -3.53. The van der Waals surface area contributed by atoms with E-state index in [1.165, 1.54) is 7.11 Å². The van der Waals surface area contributed by atoms with Crippen molar-refractivity contribution in [1.82, 2.24) is 14.9 Å². The van der Waals surface area contributed by atoms with Crippen LogP contribution < -0.4 is 15.5 Å². The zero-order valence-corrected chi connectivity index (χ0v) is 22.8. The van der Waals surface area contributed by atoms with Crippen LogP contribution >= 0.6 is 28.1 Å². The van der Waals surface area contributed by atoms with Gasteiger partial charge in [-0.25, -0.2) is 0 Å². The summed E-state index contributed by atoms with van der Waals surface area (Å²) in [7, 11) is 1.50. The molecular weight excluding hydrogens is 550 g/mol. The molecule has 3 heterocycles. The van der Waals surface area contributed by atoms with Crippen LogP contribution in [-0.2, 0) is 9.53 Å². The van der Waals surface area contributed by atoms with Crippen molar-refractivity contribution < 1.29 is 9.53 Å². The molecule has 0 radical (unpaired) electrons. The molecule has 1 aliphatic heterocycles. The topological polar surface area (TPSA) is 71.4 Å². The molecule has 0 bridgehead atoms. The third-order valence-electron chi connectivity index (χ3n) is 6.32. The number of ether oxygens (including phenoxy) is 1. The number of nitrogens with zero attached hydrogens (tertiary/aromatic N) is 3. The Morgan fingerprint density at radius 3 is 2.59 bits per heavy atom. The van der Waals surface area contributed by atoms with Gasteiger partial charge in [-0.1, -0.05) is 22.0 Å². The Kier molecular flexibility index (Phi) is 7.36. The van der Waals surface area contributed by atoms with Crippen molar-refractivity contribution in [2.24, 2.45) is 0 Å². The molecule has 1 fully saturated rings. The highest BCUT2D eigenvalue weighted by Crippen LogP contribution is 2.43. The van der Waals surface area contributed by atoms with E-state index in [-0.39, 0.29) is 24.6 Å². The summed E-state index contributed by atoms with van der Waals surface area (Å²) < 4.78 is 8.15. The quantitative estimate of drug-likeness (QED) is 0.275. The summed E-state index contributed by atoms with van der Waals surface area (Å²) in [5.74, 6) is -0.197. The van der Waals surface area contributed by atoms with Gasteiger partial charge in [0.1, 0.15) is 12.6 Å². The van der Waals surface area contributed by atoms with Crippen molar-refractivity contribution >= 4 is 50.5 Å². The second kappa shape index (κ2) is 10.8. The van der Waals surface area contributed by atoms with Crippen molar-refractivity contribution in [3.05, 3.63) is 107 Å². The smallest absolute Gasteiger partial charge is 0.250 e. The van der Waals surface area contributed by atoms with Crippen molar-refractivity contribution in [2.75, 3.05) is 23.9 Å². The number of pyridine rings is 1. The molecule has 7 nitrogen and oxygen atoms in total. The Labute approximate surface area is 229 Å². The number of aromatic nitrogens is 2. The maximum Gasteiger partial charge on any atom is 0.250 e. The highest BCUT2D eigenvalue weighted by Gasteiger charge is 2.42. The number of aryl methyl sites for hydroxylation is 1. The number of methoxy groups -OCH3 is 1. The molecule has 2 atom stereocenters. The molecule has 0 spiro atoms. The second-order valence-corrected chi connectivity index (χ2v) is 10.1. The van der Waals surface area contributed by atoms with Gasteiger partial charge in [-0.2, -0.15) is 0 Å². The highest BCUT2D eigenvalue weighted by molar-refractivity contribution is 9.10. The first-order chi connectivity index (χ1) is 18.0. The first-order valence-corrected chi connectivity index (χ1v) is 13.0. The summed E-state index contributed by atoms with van der Waals surface area (Å²) in [6.45, 7) is 1.97. The Morgan fingerprint density at radius 1 is 1.11 bits per heavy atom. The Bertz CT molecular complexity index is 1420. The third-order valence-corrected chi connectivity index (χ3v) is 7.17. The lowest BCUT2D eigenvalue weighted by Crippen LogP contribution is -2.30. The zero-order valence-electron chi connectivity index (χ0n) is 20.4. The average molecular weight is 577 g/mol. The molecule has 0 saturated carbocycles. The molecule has 2 aromatic carbocycles. The molecule has 9 heteroatoms. The summed E-state index contributed by atoms with van der Waals surface area (Å²) in [6.07, 6.45) is 3.86. The van der Waals surface area contributed by atoms with Crippen LogP contribution in [0.2, 0.25) is 0 Å². The molecule has 2 N–H and O–H groups in total. The van der Waals surface area contributed by atoms with Gasteiger partial charge < -0.3 is 24.8 Å². The van der Waals surface area contributed by atoms with Gasteiger partial charge in [-0.15, -0.1) is 0 Å². The molecule has 1 aliphatic rings. The number of hydrogen-bond donors (Lipinski definition) is 2. The lowest BCUT2D eigenvalue weighted by molar-refractivity contribution is -0.119. The minimum absolute atomic E-state index is 0.00218. The first-order valence-electron chi connectivity index (χ1n) is 11.8. The van der Waals surface area contributed by atoms with E-state index in [0.29, 0.717) is 5.11 Å². The van der Waals surface area contributed by atoms with Gasteiger partial charge in [-0.3, -0.25) is 9.78 Å². The van der Waals surface area contributed by atoms with E-state index in [4.69, 9.17) is 17.0 Å². The largest absolute Gasteiger partial charge is 0.375 e. The predicted octanol–water partition coefficient (Wildman–Crippen LogP) is 5.71. The standard InChI is InChI=1S/C28H26BrN5O2S/c1-18-16-21(12-13-22(18)31-25(35)17-36-2)34-27(26(32-28(34)37)23-6-3-4-14-30-23)24-7-5-15-33(24)20-10-8-19(29)9-11-20/h3-16,26-27H,17H2,1-2H3,(H,31,35)(H,32,37)/t26-,27+/m1/s1. The molecule has 1 amide bonds. The van der Waals surface area contributed by atoms with Crippen LogP contribution in [0.5, 0.6) is 0 Å². The van der Waals surface area contributed by atoms with E-state index in [2.05, 4.69) is 65.4 Å². The van der Waals surface area contributed by atoms with Gasteiger partial charge in [0.2, 0.25) is 5.91 Å². The highest BCUT2D eigenvalue weighted by atomic mass is 79.9. The Balaban J connectivity index is 1.58. The van der Waals surface area contributed by atoms with E-state index >= 15 is 0 Å². The zero-order chi connectivity index (χ0) is 25.9. The molecule has 37 heavy (non-hydrogen) atoms. The number of nitrogens with one attached hydrogen (secondary N) is 2. The fourth-order valence-corrected chi connectivity index (χ4v) is 5.27. The SMILES string of the molecule is COCC(=O)Nc1ccc(N2C(=S)N[C@H](c3ccccn3)[C@@H]2c2cccn2-c2ccc(Br)cc2)cc1C. The molecule has 5 rings (SSSR count). The fourth-order valence-electron chi connectivity index (χ4n) is 4.66. The number of carbonyl (C=O) groups excluding carboxylic acids is 1. The summed E-state index contributed by atoms with van der Waals surface area (Å²) in [6, 6.07) is 23.9. The first kappa shape index (κ1) is 25.1. The number of rotatable bonds is 7. The molecule has 188 valence electrons. The summed E-state index contributed by atoms with van der Waals surface area (Å²) in [4.78, 5) is 18.9.